The first-order valence-electron chi connectivity index (χ1n) is 5.79. The van der Waals surface area contributed by atoms with E-state index in [2.05, 4.69) is 9.88 Å². The second-order valence-electron chi connectivity index (χ2n) is 4.24. The van der Waals surface area contributed by atoms with Crippen molar-refractivity contribution in [2.75, 3.05) is 18.1 Å². The fraction of sp³-hybridized carbons (Fsp3) is 0.500. The van der Waals surface area contributed by atoms with Gasteiger partial charge in [-0.1, -0.05) is 0 Å². The molecule has 1 fully saturated rings. The van der Waals surface area contributed by atoms with Gasteiger partial charge in [0.1, 0.15) is 5.82 Å². The molecule has 2 rings (SSSR count). The number of hydrogen-bond acceptors (Lipinski definition) is 4. The number of carboxylic acids is 1. The number of aromatic nitrogens is 1. The summed E-state index contributed by atoms with van der Waals surface area (Å²) in [5, 5.41) is 18.1. The van der Waals surface area contributed by atoms with Crippen molar-refractivity contribution in [3.05, 3.63) is 23.9 Å². The maximum Gasteiger partial charge on any atom is 0.337 e. The number of aliphatic hydroxyl groups is 1. The van der Waals surface area contributed by atoms with Gasteiger partial charge in [0, 0.05) is 12.7 Å². The lowest BCUT2D eigenvalue weighted by Gasteiger charge is -2.35. The highest BCUT2D eigenvalue weighted by atomic mass is 16.4. The van der Waals surface area contributed by atoms with Crippen LogP contribution in [0.25, 0.3) is 0 Å². The summed E-state index contributed by atoms with van der Waals surface area (Å²) in [5.41, 5.74) is 0.186. The molecule has 0 radical (unpaired) electrons. The molecule has 1 atom stereocenters. The molecule has 1 aromatic heterocycles. The van der Waals surface area contributed by atoms with Gasteiger partial charge in [0.15, 0.2) is 0 Å². The lowest BCUT2D eigenvalue weighted by Crippen LogP contribution is -2.42. The Morgan fingerprint density at radius 3 is 2.88 bits per heavy atom. The fourth-order valence-corrected chi connectivity index (χ4v) is 2.17. The average Bonchev–Trinajstić information content (AvgIpc) is 2.39. The van der Waals surface area contributed by atoms with E-state index < -0.39 is 5.97 Å². The van der Waals surface area contributed by atoms with Crippen molar-refractivity contribution in [2.24, 2.45) is 0 Å². The molecule has 5 heteroatoms. The Hall–Kier alpha value is -1.62. The van der Waals surface area contributed by atoms with Gasteiger partial charge in [-0.05, 0) is 31.4 Å². The summed E-state index contributed by atoms with van der Waals surface area (Å²) in [5.74, 6) is -0.227. The highest BCUT2D eigenvalue weighted by Crippen LogP contribution is 2.22. The average molecular weight is 236 g/mol. The molecule has 1 aliphatic heterocycles. The van der Waals surface area contributed by atoms with Crippen molar-refractivity contribution < 1.29 is 15.0 Å². The van der Waals surface area contributed by atoms with Gasteiger partial charge in [0.2, 0.25) is 0 Å². The molecule has 92 valence electrons. The fourth-order valence-electron chi connectivity index (χ4n) is 2.17. The quantitative estimate of drug-likeness (QED) is 0.823. The summed E-state index contributed by atoms with van der Waals surface area (Å²) in [6.45, 7) is 0.979. The number of rotatable bonds is 3. The number of piperidine rings is 1. The molecule has 2 heterocycles. The van der Waals surface area contributed by atoms with Crippen LogP contribution in [-0.4, -0.2) is 40.4 Å². The summed E-state index contributed by atoms with van der Waals surface area (Å²) >= 11 is 0. The van der Waals surface area contributed by atoms with Gasteiger partial charge < -0.3 is 15.1 Å². The molecule has 1 unspecified atom stereocenters. The highest BCUT2D eigenvalue weighted by Gasteiger charge is 2.22. The second-order valence-corrected chi connectivity index (χ2v) is 4.24. The Morgan fingerprint density at radius 2 is 2.29 bits per heavy atom. The maximum absolute atomic E-state index is 10.7. The van der Waals surface area contributed by atoms with E-state index >= 15 is 0 Å². The Balaban J connectivity index is 2.17. The zero-order valence-electron chi connectivity index (χ0n) is 9.54. The Labute approximate surface area is 99.7 Å². The van der Waals surface area contributed by atoms with Crippen molar-refractivity contribution in [2.45, 2.75) is 25.3 Å². The van der Waals surface area contributed by atoms with Gasteiger partial charge in [-0.15, -0.1) is 0 Å². The van der Waals surface area contributed by atoms with Crippen molar-refractivity contribution >= 4 is 11.8 Å². The smallest absolute Gasteiger partial charge is 0.337 e. The van der Waals surface area contributed by atoms with Gasteiger partial charge >= 0.3 is 5.97 Å². The summed E-state index contributed by atoms with van der Waals surface area (Å²) in [7, 11) is 0. The van der Waals surface area contributed by atoms with Gasteiger partial charge in [-0.2, -0.15) is 0 Å². The molecule has 0 amide bonds. The summed E-state index contributed by atoms with van der Waals surface area (Å²) in [4.78, 5) is 16.9. The Bertz CT molecular complexity index is 391. The monoisotopic (exact) mass is 236 g/mol. The molecule has 5 nitrogen and oxygen atoms in total. The zero-order chi connectivity index (χ0) is 12.3. The van der Waals surface area contributed by atoms with Gasteiger partial charge in [-0.3, -0.25) is 0 Å². The molecular weight excluding hydrogens is 220 g/mol. The lowest BCUT2D eigenvalue weighted by atomic mass is 10.0. The Kier molecular flexibility index (Phi) is 3.58. The number of carbonyl (C=O) groups is 1. The first-order chi connectivity index (χ1) is 8.22. The van der Waals surface area contributed by atoms with Gasteiger partial charge in [0.25, 0.3) is 0 Å². The molecule has 1 aromatic rings. The van der Waals surface area contributed by atoms with E-state index in [9.17, 15) is 9.90 Å². The first kappa shape index (κ1) is 11.9. The molecule has 0 saturated carbocycles. The minimum absolute atomic E-state index is 0.104. The molecule has 17 heavy (non-hydrogen) atoms. The number of anilines is 1. The molecule has 0 bridgehead atoms. The molecule has 0 spiro atoms. The van der Waals surface area contributed by atoms with Crippen LogP contribution in [0.3, 0.4) is 0 Å². The number of carboxylic acid groups (broad SMARTS) is 1. The van der Waals surface area contributed by atoms with Crippen LogP contribution in [0.15, 0.2) is 18.3 Å². The topological polar surface area (TPSA) is 73.7 Å². The number of aromatic carboxylic acids is 1. The summed E-state index contributed by atoms with van der Waals surface area (Å²) in [6, 6.07) is 3.36. The first-order valence-corrected chi connectivity index (χ1v) is 5.79. The number of hydrogen-bond donors (Lipinski definition) is 2. The largest absolute Gasteiger partial charge is 0.478 e. The van der Waals surface area contributed by atoms with E-state index in [-0.39, 0.29) is 18.2 Å². The van der Waals surface area contributed by atoms with Crippen LogP contribution >= 0.6 is 0 Å². The molecule has 0 aliphatic carbocycles. The third-order valence-electron chi connectivity index (χ3n) is 3.13. The molecular formula is C12H16N2O3. The Morgan fingerprint density at radius 1 is 1.47 bits per heavy atom. The molecule has 1 aliphatic rings. The predicted octanol–water partition coefficient (Wildman–Crippen LogP) is 1.13. The van der Waals surface area contributed by atoms with Crippen molar-refractivity contribution in [3.63, 3.8) is 0 Å². The third kappa shape index (κ3) is 2.55. The SMILES string of the molecule is O=C(O)c1ccc(N2CCCCC2CO)nc1. The van der Waals surface area contributed by atoms with Crippen LogP contribution in [0, 0.1) is 0 Å². The number of pyridine rings is 1. The van der Waals surface area contributed by atoms with E-state index in [0.29, 0.717) is 0 Å². The summed E-state index contributed by atoms with van der Waals surface area (Å²) < 4.78 is 0. The van der Waals surface area contributed by atoms with Crippen molar-refractivity contribution in [1.82, 2.24) is 4.98 Å². The van der Waals surface area contributed by atoms with Crippen LogP contribution in [0.4, 0.5) is 5.82 Å². The second kappa shape index (κ2) is 5.14. The minimum atomic E-state index is -0.971. The standard InChI is InChI=1S/C12H16N2O3/c15-8-10-3-1-2-6-14(10)11-5-4-9(7-13-11)12(16)17/h4-5,7,10,15H,1-3,6,8H2,(H,16,17). The van der Waals surface area contributed by atoms with Gasteiger partial charge in [0.05, 0.1) is 18.2 Å². The summed E-state index contributed by atoms with van der Waals surface area (Å²) in [6.07, 6.45) is 4.52. The van der Waals surface area contributed by atoms with Gasteiger partial charge in [-0.25, -0.2) is 9.78 Å². The highest BCUT2D eigenvalue weighted by molar-refractivity contribution is 5.87. The molecule has 0 aromatic carbocycles. The van der Waals surface area contributed by atoms with E-state index in [4.69, 9.17) is 5.11 Å². The van der Waals surface area contributed by atoms with E-state index in [0.717, 1.165) is 31.6 Å². The number of aliphatic hydroxyl groups excluding tert-OH is 1. The van der Waals surface area contributed by atoms with Crippen molar-refractivity contribution in [1.29, 1.82) is 0 Å². The minimum Gasteiger partial charge on any atom is -0.478 e. The van der Waals surface area contributed by atoms with E-state index in [1.165, 1.54) is 6.20 Å². The van der Waals surface area contributed by atoms with Crippen LogP contribution < -0.4 is 4.90 Å². The van der Waals surface area contributed by atoms with Crippen molar-refractivity contribution in [3.8, 4) is 0 Å². The molecule has 2 N–H and O–H groups in total. The van der Waals surface area contributed by atoms with E-state index in [1.54, 1.807) is 12.1 Å². The zero-order valence-corrected chi connectivity index (χ0v) is 9.54. The normalized spacial score (nSPS) is 20.3. The van der Waals surface area contributed by atoms with E-state index in [1.807, 2.05) is 0 Å². The van der Waals surface area contributed by atoms with Crippen LogP contribution in [0.1, 0.15) is 29.6 Å². The van der Waals surface area contributed by atoms with Crippen LogP contribution in [-0.2, 0) is 0 Å². The maximum atomic E-state index is 10.7. The lowest BCUT2D eigenvalue weighted by molar-refractivity contribution is 0.0696. The molecule has 1 saturated heterocycles. The number of nitrogens with zero attached hydrogens (tertiary/aromatic N) is 2. The van der Waals surface area contributed by atoms with Crippen LogP contribution in [0.5, 0.6) is 0 Å². The van der Waals surface area contributed by atoms with Crippen LogP contribution in [0.2, 0.25) is 0 Å². The predicted molar refractivity (Wildman–Crippen MR) is 63.3 cm³/mol. The third-order valence-corrected chi connectivity index (χ3v) is 3.13.